The maximum Gasteiger partial charge on any atom is 0.303 e. The van der Waals surface area contributed by atoms with Gasteiger partial charge in [0.1, 0.15) is 0 Å². The molecule has 2 N–H and O–H groups in total. The van der Waals surface area contributed by atoms with Crippen molar-refractivity contribution in [3.8, 4) is 0 Å². The van der Waals surface area contributed by atoms with Crippen LogP contribution in [0.1, 0.15) is 84.0 Å². The Hall–Kier alpha value is -1.06. The second kappa shape index (κ2) is 12.9. The topological polar surface area (TPSA) is 74.6 Å². The average molecular weight is 286 g/mol. The van der Waals surface area contributed by atoms with E-state index in [0.717, 1.165) is 44.4 Å². The molecule has 0 radical (unpaired) electrons. The molecule has 0 heterocycles. The minimum Gasteiger partial charge on any atom is -0.481 e. The smallest absolute Gasteiger partial charge is 0.303 e. The third-order valence-electron chi connectivity index (χ3n) is 3.68. The number of carboxylic acid groups (broad SMARTS) is 2. The van der Waals surface area contributed by atoms with Crippen molar-refractivity contribution in [2.75, 3.05) is 0 Å². The molecule has 0 bridgehead atoms. The first-order valence-corrected chi connectivity index (χ1v) is 7.96. The molecule has 0 spiro atoms. The number of unbranched alkanes of at least 4 members (excludes halogenated alkanes) is 6. The molecule has 0 fully saturated rings. The Morgan fingerprint density at radius 2 is 1.05 bits per heavy atom. The van der Waals surface area contributed by atoms with Gasteiger partial charge in [0.15, 0.2) is 0 Å². The molecule has 0 saturated heterocycles. The van der Waals surface area contributed by atoms with E-state index in [2.05, 4.69) is 6.92 Å². The van der Waals surface area contributed by atoms with Gasteiger partial charge >= 0.3 is 11.9 Å². The summed E-state index contributed by atoms with van der Waals surface area (Å²) in [6, 6.07) is 0. The van der Waals surface area contributed by atoms with Crippen molar-refractivity contribution in [1.29, 1.82) is 0 Å². The molecule has 0 aromatic rings. The van der Waals surface area contributed by atoms with Gasteiger partial charge in [0.05, 0.1) is 0 Å². The van der Waals surface area contributed by atoms with Crippen LogP contribution in [0.25, 0.3) is 0 Å². The van der Waals surface area contributed by atoms with Gasteiger partial charge in [-0.3, -0.25) is 9.59 Å². The van der Waals surface area contributed by atoms with Crippen LogP contribution in [-0.4, -0.2) is 22.2 Å². The molecule has 0 aromatic carbocycles. The summed E-state index contributed by atoms with van der Waals surface area (Å²) in [5, 5.41) is 17.0. The van der Waals surface area contributed by atoms with Gasteiger partial charge in [-0.25, -0.2) is 0 Å². The van der Waals surface area contributed by atoms with Crippen molar-refractivity contribution in [2.24, 2.45) is 5.92 Å². The Morgan fingerprint density at radius 3 is 1.40 bits per heavy atom. The van der Waals surface area contributed by atoms with Crippen molar-refractivity contribution in [3.05, 3.63) is 0 Å². The molecule has 0 saturated carbocycles. The number of rotatable bonds is 14. The predicted molar refractivity (Wildman–Crippen MR) is 79.8 cm³/mol. The average Bonchev–Trinajstić information content (AvgIpc) is 2.37. The van der Waals surface area contributed by atoms with Gasteiger partial charge < -0.3 is 10.2 Å². The fraction of sp³-hybridized carbons (Fsp3) is 0.875. The second-order valence-electron chi connectivity index (χ2n) is 5.80. The highest BCUT2D eigenvalue weighted by Crippen LogP contribution is 2.18. The Bertz CT molecular complexity index is 237. The molecule has 20 heavy (non-hydrogen) atoms. The summed E-state index contributed by atoms with van der Waals surface area (Å²) in [6.07, 6.45) is 11.3. The molecule has 0 amide bonds. The van der Waals surface area contributed by atoms with Crippen LogP contribution in [0, 0.1) is 5.92 Å². The number of carboxylic acids is 2. The van der Waals surface area contributed by atoms with Crippen LogP contribution in [0.4, 0.5) is 0 Å². The molecular weight excluding hydrogens is 256 g/mol. The molecule has 0 aromatic heterocycles. The van der Waals surface area contributed by atoms with Crippen LogP contribution < -0.4 is 0 Å². The summed E-state index contributed by atoms with van der Waals surface area (Å²) in [6.45, 7) is 2.27. The number of aliphatic carboxylic acids is 2. The van der Waals surface area contributed by atoms with E-state index in [1.54, 1.807) is 0 Å². The predicted octanol–water partition coefficient (Wildman–Crippen LogP) is 4.47. The normalized spacial score (nSPS) is 10.9. The van der Waals surface area contributed by atoms with Crippen LogP contribution in [0.5, 0.6) is 0 Å². The van der Waals surface area contributed by atoms with E-state index >= 15 is 0 Å². The number of hydrogen-bond acceptors (Lipinski definition) is 2. The standard InChI is InChI=1S/C16H30O4/c1-14(10-6-2-4-8-12-15(17)18)11-7-3-5-9-13-16(19)20/h14H,2-13H2,1H3,(H,17,18)(H,19,20). The summed E-state index contributed by atoms with van der Waals surface area (Å²) >= 11 is 0. The zero-order valence-electron chi connectivity index (χ0n) is 12.8. The molecule has 0 aliphatic carbocycles. The molecule has 0 unspecified atom stereocenters. The van der Waals surface area contributed by atoms with Crippen LogP contribution >= 0.6 is 0 Å². The quantitative estimate of drug-likeness (QED) is 0.462. The van der Waals surface area contributed by atoms with Gasteiger partial charge in [-0.15, -0.1) is 0 Å². The molecule has 0 rings (SSSR count). The Kier molecular flexibility index (Phi) is 12.3. The summed E-state index contributed by atoms with van der Waals surface area (Å²) in [4.78, 5) is 20.7. The van der Waals surface area contributed by atoms with Crippen LogP contribution in [0.2, 0.25) is 0 Å². The fourth-order valence-electron chi connectivity index (χ4n) is 2.39. The molecule has 0 aliphatic rings. The maximum atomic E-state index is 10.3. The number of carbonyl (C=O) groups is 2. The monoisotopic (exact) mass is 286 g/mol. The summed E-state index contributed by atoms with van der Waals surface area (Å²) in [5.41, 5.74) is 0. The van der Waals surface area contributed by atoms with Gasteiger partial charge in [-0.1, -0.05) is 58.3 Å². The minimum absolute atomic E-state index is 0.298. The largest absolute Gasteiger partial charge is 0.481 e. The van der Waals surface area contributed by atoms with Crippen LogP contribution in [-0.2, 0) is 9.59 Å². The highest BCUT2D eigenvalue weighted by molar-refractivity contribution is 5.66. The Balaban J connectivity index is 3.22. The zero-order chi connectivity index (χ0) is 15.2. The lowest BCUT2D eigenvalue weighted by Gasteiger charge is -2.10. The van der Waals surface area contributed by atoms with Gasteiger partial charge in [0.2, 0.25) is 0 Å². The SMILES string of the molecule is CC(CCCCCCC(=O)O)CCCCCCC(=O)O. The van der Waals surface area contributed by atoms with Gasteiger partial charge in [0.25, 0.3) is 0 Å². The van der Waals surface area contributed by atoms with E-state index in [0.29, 0.717) is 12.8 Å². The third-order valence-corrected chi connectivity index (χ3v) is 3.68. The van der Waals surface area contributed by atoms with Crippen LogP contribution in [0.3, 0.4) is 0 Å². The lowest BCUT2D eigenvalue weighted by Crippen LogP contribution is -1.97. The molecule has 0 aliphatic heterocycles. The zero-order valence-corrected chi connectivity index (χ0v) is 12.8. The van der Waals surface area contributed by atoms with E-state index < -0.39 is 11.9 Å². The lowest BCUT2D eigenvalue weighted by atomic mass is 9.96. The van der Waals surface area contributed by atoms with Crippen LogP contribution in [0.15, 0.2) is 0 Å². The van der Waals surface area contributed by atoms with Crippen molar-refractivity contribution < 1.29 is 19.8 Å². The first-order valence-electron chi connectivity index (χ1n) is 7.96. The van der Waals surface area contributed by atoms with E-state index in [-0.39, 0.29) is 0 Å². The van der Waals surface area contributed by atoms with Crippen molar-refractivity contribution in [3.63, 3.8) is 0 Å². The number of hydrogen-bond donors (Lipinski definition) is 2. The van der Waals surface area contributed by atoms with Crippen molar-refractivity contribution in [1.82, 2.24) is 0 Å². The molecule has 4 heteroatoms. The molecular formula is C16H30O4. The first-order chi connectivity index (χ1) is 9.52. The summed E-state index contributed by atoms with van der Waals surface area (Å²) in [5.74, 6) is -0.656. The molecule has 118 valence electrons. The highest BCUT2D eigenvalue weighted by Gasteiger charge is 2.03. The molecule has 4 nitrogen and oxygen atoms in total. The Labute approximate surface area is 122 Å². The summed E-state index contributed by atoms with van der Waals surface area (Å²) < 4.78 is 0. The van der Waals surface area contributed by atoms with Gasteiger partial charge in [0, 0.05) is 12.8 Å². The minimum atomic E-state index is -0.693. The van der Waals surface area contributed by atoms with Gasteiger partial charge in [-0.05, 0) is 18.8 Å². The van der Waals surface area contributed by atoms with E-state index in [1.807, 2.05) is 0 Å². The third kappa shape index (κ3) is 15.0. The molecule has 0 atom stereocenters. The van der Waals surface area contributed by atoms with E-state index in [4.69, 9.17) is 10.2 Å². The van der Waals surface area contributed by atoms with E-state index in [9.17, 15) is 9.59 Å². The highest BCUT2D eigenvalue weighted by atomic mass is 16.4. The lowest BCUT2D eigenvalue weighted by molar-refractivity contribution is -0.138. The second-order valence-corrected chi connectivity index (χ2v) is 5.80. The van der Waals surface area contributed by atoms with E-state index in [1.165, 1.54) is 25.7 Å². The maximum absolute atomic E-state index is 10.3. The summed E-state index contributed by atoms with van der Waals surface area (Å²) in [7, 11) is 0. The van der Waals surface area contributed by atoms with Gasteiger partial charge in [-0.2, -0.15) is 0 Å². The first kappa shape index (κ1) is 18.9. The van der Waals surface area contributed by atoms with Crippen molar-refractivity contribution >= 4 is 11.9 Å². The van der Waals surface area contributed by atoms with Crippen molar-refractivity contribution in [2.45, 2.75) is 84.0 Å². The fourth-order valence-corrected chi connectivity index (χ4v) is 2.39. The Morgan fingerprint density at radius 1 is 0.700 bits per heavy atom.